The van der Waals surface area contributed by atoms with Gasteiger partial charge in [-0.25, -0.2) is 14.4 Å². The third-order valence-corrected chi connectivity index (χ3v) is 0.952. The van der Waals surface area contributed by atoms with Gasteiger partial charge in [-0.15, -0.1) is 0 Å². The number of aromatic nitrogens is 2. The Labute approximate surface area is 58.4 Å². The van der Waals surface area contributed by atoms with Crippen LogP contribution in [-0.2, 0) is 0 Å². The van der Waals surface area contributed by atoms with Crippen LogP contribution < -0.4 is 0 Å². The van der Waals surface area contributed by atoms with Crippen molar-refractivity contribution < 1.29 is 4.39 Å². The van der Waals surface area contributed by atoms with Gasteiger partial charge in [0.1, 0.15) is 6.33 Å². The Morgan fingerprint density at radius 1 is 1.70 bits per heavy atom. The molecule has 0 atom stereocenters. The SMILES string of the molecule is C/C(F)=C/c1ccncn1. The van der Waals surface area contributed by atoms with Crippen molar-refractivity contribution in [3.05, 3.63) is 30.1 Å². The molecule has 0 unspecified atom stereocenters. The Kier molecular flexibility index (Phi) is 2.10. The maximum Gasteiger partial charge on any atom is 0.115 e. The number of hydrogen-bond acceptors (Lipinski definition) is 2. The van der Waals surface area contributed by atoms with E-state index in [1.54, 1.807) is 12.3 Å². The van der Waals surface area contributed by atoms with Crippen LogP contribution in [0.25, 0.3) is 6.08 Å². The lowest BCUT2D eigenvalue weighted by molar-refractivity contribution is 0.648. The molecular weight excluding hydrogens is 131 g/mol. The highest BCUT2D eigenvalue weighted by atomic mass is 19.1. The standard InChI is InChI=1S/C7H7FN2/c1-6(8)4-7-2-3-9-5-10-7/h2-5H,1H3/b6-4-. The zero-order chi connectivity index (χ0) is 7.40. The molecule has 1 aromatic rings. The van der Waals surface area contributed by atoms with E-state index < -0.39 is 0 Å². The molecule has 0 aliphatic carbocycles. The monoisotopic (exact) mass is 138 g/mol. The molecule has 0 aromatic carbocycles. The van der Waals surface area contributed by atoms with E-state index in [0.717, 1.165) is 0 Å². The summed E-state index contributed by atoms with van der Waals surface area (Å²) >= 11 is 0. The minimum Gasteiger partial charge on any atom is -0.245 e. The van der Waals surface area contributed by atoms with E-state index in [9.17, 15) is 4.39 Å². The van der Waals surface area contributed by atoms with Crippen LogP contribution in [0.3, 0.4) is 0 Å². The van der Waals surface area contributed by atoms with E-state index in [-0.39, 0.29) is 5.83 Å². The van der Waals surface area contributed by atoms with Crippen LogP contribution in [0.4, 0.5) is 4.39 Å². The average molecular weight is 138 g/mol. The fourth-order valence-corrected chi connectivity index (χ4v) is 0.590. The molecule has 0 aliphatic rings. The second-order valence-electron chi connectivity index (χ2n) is 1.87. The molecule has 0 bridgehead atoms. The molecule has 52 valence electrons. The van der Waals surface area contributed by atoms with Gasteiger partial charge in [0.2, 0.25) is 0 Å². The van der Waals surface area contributed by atoms with Gasteiger partial charge in [0.15, 0.2) is 0 Å². The zero-order valence-electron chi connectivity index (χ0n) is 5.58. The van der Waals surface area contributed by atoms with Crippen molar-refractivity contribution in [2.45, 2.75) is 6.92 Å². The number of hydrogen-bond donors (Lipinski definition) is 0. The van der Waals surface area contributed by atoms with Crippen molar-refractivity contribution in [2.24, 2.45) is 0 Å². The minimum absolute atomic E-state index is 0.251. The Morgan fingerprint density at radius 3 is 3.00 bits per heavy atom. The summed E-state index contributed by atoms with van der Waals surface area (Å²) in [5.74, 6) is -0.251. The van der Waals surface area contributed by atoms with Crippen molar-refractivity contribution >= 4 is 6.08 Å². The van der Waals surface area contributed by atoms with Gasteiger partial charge in [-0.2, -0.15) is 0 Å². The molecule has 1 rings (SSSR count). The summed E-state index contributed by atoms with van der Waals surface area (Å²) < 4.78 is 12.2. The predicted molar refractivity (Wildman–Crippen MR) is 36.8 cm³/mol. The van der Waals surface area contributed by atoms with Gasteiger partial charge in [0.25, 0.3) is 0 Å². The zero-order valence-corrected chi connectivity index (χ0v) is 5.58. The lowest BCUT2D eigenvalue weighted by Crippen LogP contribution is -1.79. The van der Waals surface area contributed by atoms with Crippen LogP contribution in [-0.4, -0.2) is 9.97 Å². The highest BCUT2D eigenvalue weighted by Gasteiger charge is 1.86. The van der Waals surface area contributed by atoms with E-state index in [4.69, 9.17) is 0 Å². The summed E-state index contributed by atoms with van der Waals surface area (Å²) in [7, 11) is 0. The number of rotatable bonds is 1. The van der Waals surface area contributed by atoms with Crippen LogP contribution >= 0.6 is 0 Å². The molecule has 1 heterocycles. The fraction of sp³-hybridized carbons (Fsp3) is 0.143. The molecule has 10 heavy (non-hydrogen) atoms. The van der Waals surface area contributed by atoms with Crippen LogP contribution in [0, 0.1) is 0 Å². The van der Waals surface area contributed by atoms with E-state index in [1.165, 1.54) is 19.3 Å². The minimum atomic E-state index is -0.251. The molecule has 0 radical (unpaired) electrons. The lowest BCUT2D eigenvalue weighted by atomic mass is 10.3. The largest absolute Gasteiger partial charge is 0.245 e. The lowest BCUT2D eigenvalue weighted by Gasteiger charge is -1.87. The summed E-state index contributed by atoms with van der Waals surface area (Å²) in [5.41, 5.74) is 0.593. The van der Waals surface area contributed by atoms with Gasteiger partial charge in [-0.3, -0.25) is 0 Å². The van der Waals surface area contributed by atoms with Gasteiger partial charge in [-0.05, 0) is 19.1 Å². The first-order chi connectivity index (χ1) is 4.79. The van der Waals surface area contributed by atoms with Crippen LogP contribution in [0.1, 0.15) is 12.6 Å². The average Bonchev–Trinajstić information content (AvgIpc) is 1.88. The highest BCUT2D eigenvalue weighted by Crippen LogP contribution is 2.01. The maximum absolute atomic E-state index is 12.2. The molecule has 0 spiro atoms. The summed E-state index contributed by atoms with van der Waals surface area (Å²) in [6, 6.07) is 1.64. The molecule has 1 aromatic heterocycles. The van der Waals surface area contributed by atoms with Crippen molar-refractivity contribution in [3.8, 4) is 0 Å². The first kappa shape index (κ1) is 6.86. The third kappa shape index (κ3) is 1.93. The van der Waals surface area contributed by atoms with Crippen LogP contribution in [0.2, 0.25) is 0 Å². The van der Waals surface area contributed by atoms with Gasteiger partial charge in [0.05, 0.1) is 11.5 Å². The quantitative estimate of drug-likeness (QED) is 0.591. The van der Waals surface area contributed by atoms with E-state index in [2.05, 4.69) is 9.97 Å². The molecule has 0 saturated carbocycles. The molecular formula is C7H7FN2. The highest BCUT2D eigenvalue weighted by molar-refractivity contribution is 5.44. The summed E-state index contributed by atoms with van der Waals surface area (Å²) in [5, 5.41) is 0. The summed E-state index contributed by atoms with van der Waals surface area (Å²) in [6.07, 6.45) is 4.30. The fourth-order valence-electron chi connectivity index (χ4n) is 0.590. The molecule has 0 amide bonds. The van der Waals surface area contributed by atoms with Gasteiger partial charge >= 0.3 is 0 Å². The van der Waals surface area contributed by atoms with Gasteiger partial charge in [-0.1, -0.05) is 0 Å². The first-order valence-corrected chi connectivity index (χ1v) is 2.89. The molecule has 0 saturated heterocycles. The molecule has 0 N–H and O–H groups in total. The predicted octanol–water partition coefficient (Wildman–Crippen LogP) is 1.81. The molecule has 0 aliphatic heterocycles. The van der Waals surface area contributed by atoms with Gasteiger partial charge in [0, 0.05) is 6.20 Å². The second kappa shape index (κ2) is 3.06. The molecule has 2 nitrogen and oxygen atoms in total. The van der Waals surface area contributed by atoms with Crippen molar-refractivity contribution in [1.82, 2.24) is 9.97 Å². The molecule has 0 fully saturated rings. The first-order valence-electron chi connectivity index (χ1n) is 2.89. The normalized spacial score (nSPS) is 11.6. The van der Waals surface area contributed by atoms with E-state index >= 15 is 0 Å². The second-order valence-corrected chi connectivity index (χ2v) is 1.87. The molecule has 3 heteroatoms. The van der Waals surface area contributed by atoms with Crippen molar-refractivity contribution in [2.75, 3.05) is 0 Å². The summed E-state index contributed by atoms with van der Waals surface area (Å²) in [6.45, 7) is 1.38. The van der Waals surface area contributed by atoms with Gasteiger partial charge < -0.3 is 0 Å². The Morgan fingerprint density at radius 2 is 2.50 bits per heavy atom. The smallest absolute Gasteiger partial charge is 0.115 e. The number of nitrogens with zero attached hydrogens (tertiary/aromatic N) is 2. The van der Waals surface area contributed by atoms with Crippen molar-refractivity contribution in [1.29, 1.82) is 0 Å². The maximum atomic E-state index is 12.2. The number of allylic oxidation sites excluding steroid dienone is 1. The van der Waals surface area contributed by atoms with Crippen LogP contribution in [0.15, 0.2) is 24.4 Å². The Balaban J connectivity index is 2.87. The van der Waals surface area contributed by atoms with Crippen LogP contribution in [0.5, 0.6) is 0 Å². The van der Waals surface area contributed by atoms with E-state index in [1.807, 2.05) is 0 Å². The van der Waals surface area contributed by atoms with Crippen molar-refractivity contribution in [3.63, 3.8) is 0 Å². The number of halogens is 1. The Hall–Kier alpha value is -1.25. The van der Waals surface area contributed by atoms with E-state index in [0.29, 0.717) is 5.69 Å². The summed E-state index contributed by atoms with van der Waals surface area (Å²) in [4.78, 5) is 7.48. The topological polar surface area (TPSA) is 25.8 Å². The Bertz CT molecular complexity index is 227. The third-order valence-electron chi connectivity index (χ3n) is 0.952.